The van der Waals surface area contributed by atoms with Gasteiger partial charge in [-0.25, -0.2) is 9.36 Å². The van der Waals surface area contributed by atoms with Crippen molar-refractivity contribution in [3.63, 3.8) is 0 Å². The van der Waals surface area contributed by atoms with Gasteiger partial charge in [0.1, 0.15) is 23.7 Å². The van der Waals surface area contributed by atoms with E-state index in [1.807, 2.05) is 6.92 Å². The van der Waals surface area contributed by atoms with Crippen LogP contribution in [0.15, 0.2) is 41.0 Å². The number of anilines is 1. The maximum absolute atomic E-state index is 13.1. The Morgan fingerprint density at radius 1 is 1.30 bits per heavy atom. The zero-order valence-electron chi connectivity index (χ0n) is 21.8. The summed E-state index contributed by atoms with van der Waals surface area (Å²) < 4.78 is 5.73. The smallest absolute Gasteiger partial charge is 0.352 e. The lowest BCUT2D eigenvalue weighted by atomic mass is 10.0. The molecule has 2 aliphatic rings. The van der Waals surface area contributed by atoms with E-state index in [4.69, 9.17) is 10.6 Å². The Morgan fingerprint density at radius 2 is 2.05 bits per heavy atom. The van der Waals surface area contributed by atoms with E-state index in [0.29, 0.717) is 23.4 Å². The summed E-state index contributed by atoms with van der Waals surface area (Å²) in [4.78, 5) is 60.7. The molecule has 3 amide bonds. The average molecular weight is 590 g/mol. The Hall–Kier alpha value is -4.05. The van der Waals surface area contributed by atoms with Crippen molar-refractivity contribution in [3.05, 3.63) is 47.2 Å². The van der Waals surface area contributed by atoms with Crippen LogP contribution in [-0.4, -0.2) is 79.1 Å². The Balaban J connectivity index is 1.46. The third kappa shape index (κ3) is 6.22. The molecule has 2 atom stereocenters. The number of nitrogen functional groups attached to an aromatic ring is 1. The molecule has 5 N–H and O–H groups in total. The van der Waals surface area contributed by atoms with Gasteiger partial charge in [-0.15, -0.1) is 11.8 Å². The van der Waals surface area contributed by atoms with Crippen LogP contribution in [-0.2, 0) is 25.8 Å². The summed E-state index contributed by atoms with van der Waals surface area (Å²) in [5, 5.41) is 18.7. The zero-order valence-corrected chi connectivity index (χ0v) is 23.5. The number of hydrogen-bond donors (Lipinski definition) is 4. The van der Waals surface area contributed by atoms with Crippen LogP contribution in [0.4, 0.5) is 5.13 Å². The molecule has 0 aliphatic carbocycles. The highest BCUT2D eigenvalue weighted by Crippen LogP contribution is 2.40. The molecule has 14 nitrogen and oxygen atoms in total. The minimum absolute atomic E-state index is 0.0386. The van der Waals surface area contributed by atoms with Crippen molar-refractivity contribution in [3.8, 4) is 0 Å². The quantitative estimate of drug-likeness (QED) is 0.0868. The second-order valence-electron chi connectivity index (χ2n) is 8.80. The van der Waals surface area contributed by atoms with Crippen LogP contribution in [0.3, 0.4) is 0 Å². The fourth-order valence-electron chi connectivity index (χ4n) is 4.07. The summed E-state index contributed by atoms with van der Waals surface area (Å²) >= 11 is 2.21. The number of carboxylic acids is 1. The molecule has 2 aliphatic heterocycles. The van der Waals surface area contributed by atoms with Gasteiger partial charge in [0, 0.05) is 41.5 Å². The minimum Gasteiger partial charge on any atom is -0.477 e. The van der Waals surface area contributed by atoms with Crippen molar-refractivity contribution in [2.75, 3.05) is 24.6 Å². The number of amides is 3. The van der Waals surface area contributed by atoms with Crippen molar-refractivity contribution in [2.45, 2.75) is 44.6 Å². The lowest BCUT2D eigenvalue weighted by Crippen LogP contribution is -2.71. The van der Waals surface area contributed by atoms with E-state index >= 15 is 0 Å². The molecule has 4 rings (SSSR count). The van der Waals surface area contributed by atoms with Gasteiger partial charge in [0.2, 0.25) is 11.5 Å². The van der Waals surface area contributed by atoms with Gasteiger partial charge in [-0.3, -0.25) is 19.3 Å². The first-order valence-electron chi connectivity index (χ1n) is 12.5. The number of nitrogens with two attached hydrogens (primary N) is 1. The predicted molar refractivity (Wildman–Crippen MR) is 146 cm³/mol. The Morgan fingerprint density at radius 3 is 2.67 bits per heavy atom. The van der Waals surface area contributed by atoms with Crippen LogP contribution in [0, 0.1) is 0 Å². The lowest BCUT2D eigenvalue weighted by molar-refractivity contribution is -0.689. The van der Waals surface area contributed by atoms with Crippen LogP contribution in [0.1, 0.15) is 42.9 Å². The van der Waals surface area contributed by atoms with Crippen molar-refractivity contribution in [2.24, 2.45) is 5.16 Å². The first-order chi connectivity index (χ1) is 19.2. The molecule has 2 aromatic rings. The molecule has 1 saturated heterocycles. The van der Waals surface area contributed by atoms with Crippen molar-refractivity contribution in [1.82, 2.24) is 24.9 Å². The number of pyridine rings is 1. The standard InChI is InChI=1S/C24H28N8O6S2/c1-3-5-8-26-19(33)13-6-9-31(10-7-13)11-14-12-39-22-16(21(35)32(22)17(14)23(36)37)27-20(34)15(29-38-4-2)18-28-24(25)40-30-18/h6-7,9-10,16,22H,3-5,8,11-12H2,1-2H3,(H4-,25,26,27,28,30,33,34,36,37)/p+1/t16?,22-/m0/s1. The van der Waals surface area contributed by atoms with E-state index in [-0.39, 0.29) is 41.4 Å². The molecule has 0 spiro atoms. The van der Waals surface area contributed by atoms with E-state index in [1.165, 1.54) is 16.7 Å². The number of nitrogens with zero attached hydrogens (tertiary/aromatic N) is 5. The zero-order chi connectivity index (χ0) is 28.8. The molecule has 0 bridgehead atoms. The van der Waals surface area contributed by atoms with E-state index in [2.05, 4.69) is 25.1 Å². The number of hydrogen-bond acceptors (Lipinski definition) is 11. The summed E-state index contributed by atoms with van der Waals surface area (Å²) in [7, 11) is 0. The number of β-lactam (4-membered cyclic amide) rings is 1. The van der Waals surface area contributed by atoms with E-state index < -0.39 is 29.2 Å². The van der Waals surface area contributed by atoms with Gasteiger partial charge in [-0.1, -0.05) is 18.5 Å². The van der Waals surface area contributed by atoms with Crippen molar-refractivity contribution >= 4 is 57.8 Å². The number of aromatic nitrogens is 3. The fraction of sp³-hybridized carbons (Fsp3) is 0.417. The van der Waals surface area contributed by atoms with Gasteiger partial charge in [0.15, 0.2) is 24.1 Å². The number of rotatable bonds is 12. The molecule has 4 heterocycles. The van der Waals surface area contributed by atoms with Gasteiger partial charge in [0.25, 0.3) is 17.7 Å². The topological polar surface area (TPSA) is 193 Å². The second-order valence-corrected chi connectivity index (χ2v) is 10.7. The van der Waals surface area contributed by atoms with Gasteiger partial charge >= 0.3 is 5.97 Å². The number of unbranched alkanes of at least 4 members (excludes halogenated alkanes) is 1. The van der Waals surface area contributed by atoms with E-state index in [9.17, 15) is 24.3 Å². The first kappa shape index (κ1) is 28.9. The summed E-state index contributed by atoms with van der Waals surface area (Å²) in [5.74, 6) is -2.45. The largest absolute Gasteiger partial charge is 0.477 e. The molecule has 16 heteroatoms. The number of oxime groups is 1. The first-order valence-corrected chi connectivity index (χ1v) is 14.3. The minimum atomic E-state index is -1.24. The molecule has 1 unspecified atom stereocenters. The highest BCUT2D eigenvalue weighted by atomic mass is 32.2. The molecule has 0 radical (unpaired) electrons. The maximum atomic E-state index is 13.1. The van der Waals surface area contributed by atoms with Crippen LogP contribution in [0.5, 0.6) is 0 Å². The third-order valence-electron chi connectivity index (χ3n) is 6.03. The number of thioether (sulfide) groups is 1. The highest BCUT2D eigenvalue weighted by molar-refractivity contribution is 8.00. The van der Waals surface area contributed by atoms with Crippen LogP contribution < -0.4 is 20.9 Å². The van der Waals surface area contributed by atoms with Crippen LogP contribution in [0.2, 0.25) is 0 Å². The van der Waals surface area contributed by atoms with Crippen molar-refractivity contribution in [1.29, 1.82) is 0 Å². The summed E-state index contributed by atoms with van der Waals surface area (Å²) in [6, 6.07) is 2.34. The number of fused-ring (bicyclic) bond motifs is 1. The molecule has 212 valence electrons. The number of carboxylic acid groups (broad SMARTS) is 1. The van der Waals surface area contributed by atoms with E-state index in [1.54, 1.807) is 36.0 Å². The summed E-state index contributed by atoms with van der Waals surface area (Å²) in [6.07, 6.45) is 5.25. The Bertz CT molecular complexity index is 1360. The predicted octanol–water partition coefficient (Wildman–Crippen LogP) is 0.117. The fourth-order valence-corrected chi connectivity index (χ4v) is 5.84. The van der Waals surface area contributed by atoms with Crippen LogP contribution in [0.25, 0.3) is 0 Å². The van der Waals surface area contributed by atoms with Gasteiger partial charge in [0.05, 0.1) is 5.56 Å². The van der Waals surface area contributed by atoms with Gasteiger partial charge < -0.3 is 26.3 Å². The number of carbonyl (C=O) groups excluding carboxylic acids is 3. The molecule has 1 fully saturated rings. The molecule has 2 aromatic heterocycles. The Kier molecular flexibility index (Phi) is 9.31. The molecular formula is C24H29N8O6S2+. The lowest BCUT2D eigenvalue weighted by Gasteiger charge is -2.49. The third-order valence-corrected chi connectivity index (χ3v) is 7.91. The van der Waals surface area contributed by atoms with Crippen molar-refractivity contribution < 1.29 is 33.7 Å². The Labute approximate surface area is 237 Å². The number of carbonyl (C=O) groups is 4. The summed E-state index contributed by atoms with van der Waals surface area (Å²) in [6.45, 7) is 4.72. The normalized spacial score (nSPS) is 18.6. The van der Waals surface area contributed by atoms with Crippen LogP contribution >= 0.6 is 23.3 Å². The molecule has 40 heavy (non-hydrogen) atoms. The van der Waals surface area contributed by atoms with Gasteiger partial charge in [-0.2, -0.15) is 9.36 Å². The molecular weight excluding hydrogens is 560 g/mol. The maximum Gasteiger partial charge on any atom is 0.352 e. The molecule has 0 aromatic carbocycles. The second kappa shape index (κ2) is 12.9. The average Bonchev–Trinajstić information content (AvgIpc) is 3.37. The van der Waals surface area contributed by atoms with Gasteiger partial charge in [-0.05, 0) is 13.3 Å². The monoisotopic (exact) mass is 589 g/mol. The highest BCUT2D eigenvalue weighted by Gasteiger charge is 2.54. The number of nitrogens with one attached hydrogen (secondary N) is 2. The molecule has 0 saturated carbocycles. The SMILES string of the molecule is CCCCNC(=O)c1cc[n+](CC2=C(C(=O)O)N3C(=O)C(NC(=O)C(=NOCC)c4nsc(N)n4)[C@@H]3SC2)cc1. The van der Waals surface area contributed by atoms with E-state index in [0.717, 1.165) is 24.4 Å². The number of aliphatic carboxylic acids is 1. The summed E-state index contributed by atoms with van der Waals surface area (Å²) in [5.41, 5.74) is 6.28.